The molecule has 1 atom stereocenters. The summed E-state index contributed by atoms with van der Waals surface area (Å²) in [5.74, 6) is 0.794. The zero-order valence-corrected chi connectivity index (χ0v) is 12.7. The largest absolute Gasteiger partial charge is 0.377 e. The molecule has 0 aliphatic heterocycles. The van der Waals surface area contributed by atoms with E-state index < -0.39 is 0 Å². The fourth-order valence-corrected chi connectivity index (χ4v) is 3.28. The van der Waals surface area contributed by atoms with E-state index >= 15 is 0 Å². The molecule has 1 aromatic carbocycles. The molecule has 1 N–H and O–H groups in total. The Kier molecular flexibility index (Phi) is 4.98. The van der Waals surface area contributed by atoms with E-state index in [-0.39, 0.29) is 0 Å². The smallest absolute Gasteiger partial charge is 0.0594 e. The Hall–Kier alpha value is -0.570. The van der Waals surface area contributed by atoms with Gasteiger partial charge in [0, 0.05) is 17.6 Å². The minimum Gasteiger partial charge on any atom is -0.377 e. The van der Waals surface area contributed by atoms with Crippen LogP contribution >= 0.6 is 11.6 Å². The highest BCUT2D eigenvalue weighted by Crippen LogP contribution is 2.41. The van der Waals surface area contributed by atoms with Gasteiger partial charge in [0.15, 0.2) is 0 Å². The molecule has 110 valence electrons. The highest BCUT2D eigenvalue weighted by molar-refractivity contribution is 6.30. The van der Waals surface area contributed by atoms with Crippen molar-refractivity contribution in [2.24, 2.45) is 5.92 Å². The van der Waals surface area contributed by atoms with Gasteiger partial charge in [-0.2, -0.15) is 0 Å². The number of nitrogens with one attached hydrogen (secondary N) is 1. The second-order valence-corrected chi connectivity index (χ2v) is 6.53. The lowest BCUT2D eigenvalue weighted by atomic mass is 10.0. The number of ether oxygens (including phenoxy) is 1. The van der Waals surface area contributed by atoms with E-state index in [0.717, 1.165) is 24.1 Å². The second-order valence-electron chi connectivity index (χ2n) is 6.10. The molecule has 2 aliphatic carbocycles. The molecule has 0 bridgehead atoms. The van der Waals surface area contributed by atoms with Crippen LogP contribution < -0.4 is 5.32 Å². The first kappa shape index (κ1) is 14.4. The summed E-state index contributed by atoms with van der Waals surface area (Å²) in [4.78, 5) is 0. The van der Waals surface area contributed by atoms with Crippen LogP contribution in [0.5, 0.6) is 0 Å². The summed E-state index contributed by atoms with van der Waals surface area (Å²) in [5.41, 5.74) is 1.36. The Bertz CT molecular complexity index is 410. The predicted molar refractivity (Wildman–Crippen MR) is 83.1 cm³/mol. The first-order chi connectivity index (χ1) is 9.83. The molecule has 0 radical (unpaired) electrons. The van der Waals surface area contributed by atoms with Crippen molar-refractivity contribution in [3.63, 3.8) is 0 Å². The Morgan fingerprint density at radius 1 is 1.10 bits per heavy atom. The lowest BCUT2D eigenvalue weighted by Gasteiger charge is -2.20. The van der Waals surface area contributed by atoms with Gasteiger partial charge in [-0.05, 0) is 49.3 Å². The number of benzene rings is 1. The molecule has 0 heterocycles. The fraction of sp³-hybridized carbons (Fsp3) is 0.647. The maximum absolute atomic E-state index is 5.97. The summed E-state index contributed by atoms with van der Waals surface area (Å²) in [6.07, 6.45) is 8.38. The van der Waals surface area contributed by atoms with Crippen LogP contribution in [0.15, 0.2) is 24.3 Å². The van der Waals surface area contributed by atoms with Gasteiger partial charge in [-0.3, -0.25) is 0 Å². The van der Waals surface area contributed by atoms with Crippen molar-refractivity contribution in [3.8, 4) is 0 Å². The van der Waals surface area contributed by atoms with E-state index in [1.807, 2.05) is 12.1 Å². The molecule has 3 heteroatoms. The SMILES string of the molecule is Clc1ccc(C(NCCOC2CCCC2)C2CC2)cc1. The van der Waals surface area contributed by atoms with Gasteiger partial charge in [0.05, 0.1) is 12.7 Å². The van der Waals surface area contributed by atoms with E-state index in [2.05, 4.69) is 17.4 Å². The third kappa shape index (κ3) is 3.97. The van der Waals surface area contributed by atoms with Crippen LogP contribution in [0.2, 0.25) is 5.02 Å². The quantitative estimate of drug-likeness (QED) is 0.755. The maximum Gasteiger partial charge on any atom is 0.0594 e. The van der Waals surface area contributed by atoms with Crippen LogP contribution in [-0.4, -0.2) is 19.3 Å². The molecule has 0 aromatic heterocycles. The minimum atomic E-state index is 0.472. The van der Waals surface area contributed by atoms with Crippen LogP contribution in [0.25, 0.3) is 0 Å². The molecule has 1 unspecified atom stereocenters. The van der Waals surface area contributed by atoms with Gasteiger partial charge in [-0.1, -0.05) is 36.6 Å². The first-order valence-corrected chi connectivity index (χ1v) is 8.31. The van der Waals surface area contributed by atoms with Crippen LogP contribution in [0, 0.1) is 5.92 Å². The standard InChI is InChI=1S/C17H24ClNO/c18-15-9-7-14(8-10-15)17(13-5-6-13)19-11-12-20-16-3-1-2-4-16/h7-10,13,16-17,19H,1-6,11-12H2. The predicted octanol–water partition coefficient (Wildman–Crippen LogP) is 4.34. The monoisotopic (exact) mass is 293 g/mol. The average molecular weight is 294 g/mol. The molecule has 3 rings (SSSR count). The van der Waals surface area contributed by atoms with Crippen molar-refractivity contribution < 1.29 is 4.74 Å². The molecule has 2 aliphatic rings. The van der Waals surface area contributed by atoms with E-state index in [9.17, 15) is 0 Å². The van der Waals surface area contributed by atoms with Crippen molar-refractivity contribution in [3.05, 3.63) is 34.9 Å². The molecular formula is C17H24ClNO. The summed E-state index contributed by atoms with van der Waals surface area (Å²) >= 11 is 5.97. The average Bonchev–Trinajstić information content (AvgIpc) is 3.16. The number of rotatable bonds is 7. The van der Waals surface area contributed by atoms with Crippen LogP contribution in [0.1, 0.15) is 50.1 Å². The Labute approximate surface area is 126 Å². The summed E-state index contributed by atoms with van der Waals surface area (Å²) < 4.78 is 5.92. The zero-order valence-electron chi connectivity index (χ0n) is 12.0. The van der Waals surface area contributed by atoms with Gasteiger partial charge in [-0.25, -0.2) is 0 Å². The van der Waals surface area contributed by atoms with Gasteiger partial charge < -0.3 is 10.1 Å². The van der Waals surface area contributed by atoms with Crippen molar-refractivity contribution in [2.45, 2.75) is 50.7 Å². The number of hydrogen-bond donors (Lipinski definition) is 1. The molecular weight excluding hydrogens is 270 g/mol. The van der Waals surface area contributed by atoms with Crippen molar-refractivity contribution in [1.82, 2.24) is 5.32 Å². The van der Waals surface area contributed by atoms with E-state index in [1.54, 1.807) is 0 Å². The molecule has 2 saturated carbocycles. The Morgan fingerprint density at radius 3 is 2.45 bits per heavy atom. The zero-order chi connectivity index (χ0) is 13.8. The highest BCUT2D eigenvalue weighted by Gasteiger charge is 2.31. The van der Waals surface area contributed by atoms with Crippen molar-refractivity contribution in [1.29, 1.82) is 0 Å². The lowest BCUT2D eigenvalue weighted by molar-refractivity contribution is 0.0587. The normalized spacial score (nSPS) is 21.2. The summed E-state index contributed by atoms with van der Waals surface area (Å²) in [7, 11) is 0. The summed E-state index contributed by atoms with van der Waals surface area (Å²) in [5, 5.41) is 4.49. The molecule has 2 fully saturated rings. The maximum atomic E-state index is 5.97. The Balaban J connectivity index is 1.46. The van der Waals surface area contributed by atoms with Crippen LogP contribution in [0.4, 0.5) is 0 Å². The lowest BCUT2D eigenvalue weighted by Crippen LogP contribution is -2.28. The van der Waals surface area contributed by atoms with E-state index in [0.29, 0.717) is 12.1 Å². The van der Waals surface area contributed by atoms with Gasteiger partial charge >= 0.3 is 0 Å². The van der Waals surface area contributed by atoms with Crippen LogP contribution in [0.3, 0.4) is 0 Å². The number of hydrogen-bond acceptors (Lipinski definition) is 2. The molecule has 0 saturated heterocycles. The molecule has 2 nitrogen and oxygen atoms in total. The molecule has 0 spiro atoms. The van der Waals surface area contributed by atoms with Gasteiger partial charge in [0.25, 0.3) is 0 Å². The van der Waals surface area contributed by atoms with Crippen molar-refractivity contribution in [2.75, 3.05) is 13.2 Å². The van der Waals surface area contributed by atoms with Gasteiger partial charge in [-0.15, -0.1) is 0 Å². The van der Waals surface area contributed by atoms with Gasteiger partial charge in [0.2, 0.25) is 0 Å². The molecule has 0 amide bonds. The molecule has 20 heavy (non-hydrogen) atoms. The van der Waals surface area contributed by atoms with E-state index in [1.165, 1.54) is 44.1 Å². The third-order valence-electron chi connectivity index (χ3n) is 4.44. The summed E-state index contributed by atoms with van der Waals surface area (Å²) in [6.45, 7) is 1.78. The second kappa shape index (κ2) is 6.93. The third-order valence-corrected chi connectivity index (χ3v) is 4.70. The number of halogens is 1. The highest BCUT2D eigenvalue weighted by atomic mass is 35.5. The van der Waals surface area contributed by atoms with Gasteiger partial charge in [0.1, 0.15) is 0 Å². The topological polar surface area (TPSA) is 21.3 Å². The summed E-state index contributed by atoms with van der Waals surface area (Å²) in [6, 6.07) is 8.75. The van der Waals surface area contributed by atoms with E-state index in [4.69, 9.17) is 16.3 Å². The fourth-order valence-electron chi connectivity index (χ4n) is 3.15. The van der Waals surface area contributed by atoms with Crippen molar-refractivity contribution >= 4 is 11.6 Å². The Morgan fingerprint density at radius 2 is 1.80 bits per heavy atom. The van der Waals surface area contributed by atoms with Crippen LogP contribution in [-0.2, 0) is 4.74 Å². The first-order valence-electron chi connectivity index (χ1n) is 7.93. The molecule has 1 aromatic rings. The minimum absolute atomic E-state index is 0.472.